The molecule has 0 spiro atoms. The summed E-state index contributed by atoms with van der Waals surface area (Å²) in [6.45, 7) is 5.69. The van der Waals surface area contributed by atoms with Crippen molar-refractivity contribution in [1.82, 2.24) is 20.2 Å². The van der Waals surface area contributed by atoms with E-state index in [1.807, 2.05) is 43.3 Å². The molecule has 1 saturated heterocycles. The Bertz CT molecular complexity index is 2570. The van der Waals surface area contributed by atoms with Crippen molar-refractivity contribution in [2.24, 2.45) is 0 Å². The van der Waals surface area contributed by atoms with Crippen molar-refractivity contribution in [2.75, 3.05) is 68.9 Å². The Morgan fingerprint density at radius 1 is 0.849 bits per heavy atom. The van der Waals surface area contributed by atoms with Crippen molar-refractivity contribution < 1.29 is 47.7 Å². The molecule has 4 aromatic rings. The minimum atomic E-state index is -0.702. The van der Waals surface area contributed by atoms with E-state index in [9.17, 15) is 28.8 Å². The first kappa shape index (κ1) is 56.5. The third-order valence-corrected chi connectivity index (χ3v) is 13.8. The van der Waals surface area contributed by atoms with Crippen molar-refractivity contribution in [2.45, 2.75) is 116 Å². The highest BCUT2D eigenvalue weighted by atomic mass is 79.9. The second kappa shape index (κ2) is 28.0. The van der Waals surface area contributed by atoms with Gasteiger partial charge in [-0.05, 0) is 68.0 Å². The molecule has 0 bridgehead atoms. The van der Waals surface area contributed by atoms with Crippen LogP contribution in [0, 0.1) is 0 Å². The molecule has 7 rings (SSSR count). The summed E-state index contributed by atoms with van der Waals surface area (Å²) in [5.41, 5.74) is 4.88. The predicted octanol–water partition coefficient (Wildman–Crippen LogP) is 8.17. The van der Waals surface area contributed by atoms with Crippen molar-refractivity contribution in [3.8, 4) is 5.75 Å². The lowest BCUT2D eigenvalue weighted by Crippen LogP contribution is -2.52. The number of carbonyl (C=O) groups excluding carboxylic acids is 6. The molecule has 19 heteroatoms. The fraction of sp³-hybridized carbons (Fsp3) is 0.481. The third-order valence-electron chi connectivity index (χ3n) is 13.3. The molecule has 3 aliphatic rings. The Morgan fingerprint density at radius 2 is 1.55 bits per heavy atom. The van der Waals surface area contributed by atoms with Gasteiger partial charge in [-0.15, -0.1) is 12.4 Å². The second-order valence-electron chi connectivity index (χ2n) is 18.3. The maximum Gasteiger partial charge on any atom is 0.255 e. The molecular formula is C54H67BrClN7O10. The van der Waals surface area contributed by atoms with Crippen LogP contribution in [0.25, 0.3) is 0 Å². The number of aromatic nitrogens is 2. The number of ether oxygens (including phenoxy) is 4. The average molecular weight is 1090 g/mol. The van der Waals surface area contributed by atoms with E-state index in [1.165, 1.54) is 4.90 Å². The molecule has 1 unspecified atom stereocenters. The number of Topliss-reactive ketones (excluding diaryl/α,β-unsaturated/α-hetero) is 1. The number of anilines is 3. The minimum Gasteiger partial charge on any atom is -0.496 e. The van der Waals surface area contributed by atoms with Gasteiger partial charge in [-0.2, -0.15) is 0 Å². The van der Waals surface area contributed by atoms with Crippen LogP contribution < -0.4 is 25.2 Å². The number of piperidine rings is 1. The summed E-state index contributed by atoms with van der Waals surface area (Å²) in [6.07, 6.45) is 10.3. The first-order valence-corrected chi connectivity index (χ1v) is 25.9. The summed E-state index contributed by atoms with van der Waals surface area (Å²) in [7, 11) is 3.35. The number of halogens is 2. The van der Waals surface area contributed by atoms with E-state index >= 15 is 0 Å². The van der Waals surface area contributed by atoms with E-state index in [4.69, 9.17) is 23.9 Å². The van der Waals surface area contributed by atoms with Gasteiger partial charge in [-0.1, -0.05) is 78.9 Å². The topological polar surface area (TPSA) is 199 Å². The smallest absolute Gasteiger partial charge is 0.255 e. The zero-order valence-electron chi connectivity index (χ0n) is 42.0. The standard InChI is InChI=1S/C54H66BrN7O10.ClH/c1-4-43-54(68)60(2)45-33-56-48(58-51(45)61(43)34-36-17-21-39(55)22-18-36)32-38-20-19-37(31-47(38)69-3)46(63)15-12-26-71-28-30-72-29-27-70-25-10-8-6-5-7-9-16-49(64)57-42-14-11-13-40-41(42)35-62(53(40)67)44-23-24-50(65)59-52(44)66;/h11,13-14,17-22,31,33,43-44H,4-10,12,15-16,23-30,32,34-35H2,1-3H3,(H,57,64)(H,59,65,66);1H/t43-,44?;/m1./s1. The van der Waals surface area contributed by atoms with Gasteiger partial charge in [0.15, 0.2) is 11.6 Å². The molecule has 3 aliphatic heterocycles. The van der Waals surface area contributed by atoms with Gasteiger partial charge in [0, 0.05) is 91.4 Å². The van der Waals surface area contributed by atoms with Crippen LogP contribution >= 0.6 is 28.3 Å². The molecule has 0 radical (unpaired) electrons. The van der Waals surface area contributed by atoms with Crippen molar-refractivity contribution >= 4 is 80.8 Å². The fourth-order valence-electron chi connectivity index (χ4n) is 9.29. The third kappa shape index (κ3) is 15.2. The largest absolute Gasteiger partial charge is 0.496 e. The summed E-state index contributed by atoms with van der Waals surface area (Å²) < 4.78 is 23.8. The number of amides is 5. The average Bonchev–Trinajstić information content (AvgIpc) is 3.71. The maximum atomic E-state index is 13.4. The normalized spacial score (nSPS) is 16.2. The molecule has 2 N–H and O–H groups in total. The summed E-state index contributed by atoms with van der Waals surface area (Å²) in [4.78, 5) is 91.1. The van der Waals surface area contributed by atoms with Crippen LogP contribution in [0.15, 0.2) is 71.3 Å². The highest BCUT2D eigenvalue weighted by molar-refractivity contribution is 9.10. The lowest BCUT2D eigenvalue weighted by atomic mass is 10.0. The minimum absolute atomic E-state index is 0. The van der Waals surface area contributed by atoms with Gasteiger partial charge in [-0.25, -0.2) is 9.97 Å². The van der Waals surface area contributed by atoms with Gasteiger partial charge in [0.2, 0.25) is 23.6 Å². The number of nitrogens with one attached hydrogen (secondary N) is 2. The maximum absolute atomic E-state index is 13.4. The van der Waals surface area contributed by atoms with E-state index in [-0.39, 0.29) is 67.2 Å². The van der Waals surface area contributed by atoms with Crippen LogP contribution in [0.5, 0.6) is 5.75 Å². The van der Waals surface area contributed by atoms with Crippen LogP contribution in [-0.4, -0.2) is 116 Å². The Morgan fingerprint density at radius 3 is 2.26 bits per heavy atom. The Balaban J connectivity index is 0.00000869. The van der Waals surface area contributed by atoms with E-state index in [0.717, 1.165) is 54.1 Å². The molecule has 2 atom stereocenters. The molecule has 0 aliphatic carbocycles. The van der Waals surface area contributed by atoms with Crippen molar-refractivity contribution in [3.05, 3.63) is 105 Å². The van der Waals surface area contributed by atoms with Crippen LogP contribution in [0.1, 0.15) is 127 Å². The number of hydrogen-bond donors (Lipinski definition) is 2. The number of carbonyl (C=O) groups is 6. The number of nitrogens with zero attached hydrogens (tertiary/aromatic N) is 5. The van der Waals surface area contributed by atoms with Gasteiger partial charge in [0.25, 0.3) is 5.91 Å². The first-order chi connectivity index (χ1) is 34.9. The molecule has 73 heavy (non-hydrogen) atoms. The number of ketones is 1. The van der Waals surface area contributed by atoms with Gasteiger partial charge >= 0.3 is 0 Å². The number of likely N-dealkylation sites (N-methyl/N-ethyl adjacent to an activating group) is 1. The van der Waals surface area contributed by atoms with E-state index in [0.29, 0.717) is 124 Å². The van der Waals surface area contributed by atoms with Crippen LogP contribution in [0.4, 0.5) is 17.2 Å². The quantitative estimate of drug-likeness (QED) is 0.0314. The predicted molar refractivity (Wildman–Crippen MR) is 282 cm³/mol. The number of benzene rings is 3. The Hall–Kier alpha value is -5.79. The molecular weight excluding hydrogens is 1020 g/mol. The first-order valence-electron chi connectivity index (χ1n) is 25.1. The summed E-state index contributed by atoms with van der Waals surface area (Å²) in [5, 5.41) is 5.27. The summed E-state index contributed by atoms with van der Waals surface area (Å²) in [6, 6.07) is 17.7. The highest BCUT2D eigenvalue weighted by Crippen LogP contribution is 2.37. The molecule has 1 aromatic heterocycles. The lowest BCUT2D eigenvalue weighted by Gasteiger charge is -2.40. The van der Waals surface area contributed by atoms with E-state index in [2.05, 4.69) is 36.4 Å². The summed E-state index contributed by atoms with van der Waals surface area (Å²) >= 11 is 3.51. The molecule has 4 heterocycles. The zero-order chi connectivity index (χ0) is 51.0. The van der Waals surface area contributed by atoms with Gasteiger partial charge in [-0.3, -0.25) is 34.1 Å². The number of hydrogen-bond acceptors (Lipinski definition) is 13. The second-order valence-corrected chi connectivity index (χ2v) is 19.2. The Kier molecular flexibility index (Phi) is 21.7. The van der Waals surface area contributed by atoms with E-state index in [1.54, 1.807) is 49.5 Å². The van der Waals surface area contributed by atoms with E-state index < -0.39 is 11.9 Å². The Labute approximate surface area is 442 Å². The molecule has 5 amide bonds. The molecule has 3 aromatic carbocycles. The van der Waals surface area contributed by atoms with Gasteiger partial charge in [0.05, 0.1) is 39.7 Å². The van der Waals surface area contributed by atoms with Crippen LogP contribution in [0.2, 0.25) is 0 Å². The van der Waals surface area contributed by atoms with Gasteiger partial charge < -0.3 is 39.0 Å². The van der Waals surface area contributed by atoms with Crippen molar-refractivity contribution in [3.63, 3.8) is 0 Å². The SMILES string of the molecule is CC[C@@H]1C(=O)N(C)c2cnc(Cc3ccc(C(=O)CCCOCCOCCOCCCCCCCCC(=O)Nc4cccc5c4CN(C4CCC(=O)NC4=O)C5=O)cc3OC)nc2N1Cc1ccc(Br)cc1.Cl. The molecule has 1 fully saturated rings. The zero-order valence-corrected chi connectivity index (χ0v) is 44.4. The molecule has 392 valence electrons. The highest BCUT2D eigenvalue weighted by Gasteiger charge is 2.40. The number of rotatable bonds is 28. The summed E-state index contributed by atoms with van der Waals surface area (Å²) in [5.74, 6) is 0.704. The molecule has 17 nitrogen and oxygen atoms in total. The van der Waals surface area contributed by atoms with Gasteiger partial charge in [0.1, 0.15) is 29.3 Å². The monoisotopic (exact) mass is 1090 g/mol. The van der Waals surface area contributed by atoms with Crippen LogP contribution in [-0.2, 0) is 52.9 Å². The number of methoxy groups -OCH3 is 1. The van der Waals surface area contributed by atoms with Crippen LogP contribution in [0.3, 0.4) is 0 Å². The fourth-order valence-corrected chi connectivity index (χ4v) is 9.56. The van der Waals surface area contributed by atoms with Crippen molar-refractivity contribution in [1.29, 1.82) is 0 Å². The number of unbranched alkanes of at least 4 members (excludes halogenated alkanes) is 5. The number of imide groups is 1. The lowest BCUT2D eigenvalue weighted by molar-refractivity contribution is -0.137. The number of fused-ring (bicyclic) bond motifs is 2. The molecule has 0 saturated carbocycles.